The van der Waals surface area contributed by atoms with Crippen molar-refractivity contribution in [3.05, 3.63) is 52.6 Å². The van der Waals surface area contributed by atoms with E-state index in [4.69, 9.17) is 0 Å². The lowest BCUT2D eigenvalue weighted by Gasteiger charge is -2.29. The van der Waals surface area contributed by atoms with Crippen molar-refractivity contribution in [3.63, 3.8) is 0 Å². The molecule has 2 aliphatic rings. The number of imidazole rings is 1. The first-order valence-electron chi connectivity index (χ1n) is 9.27. The van der Waals surface area contributed by atoms with Crippen LogP contribution in [0.1, 0.15) is 25.1 Å². The van der Waals surface area contributed by atoms with Crippen molar-refractivity contribution in [1.29, 1.82) is 0 Å². The molecule has 10 heteroatoms. The van der Waals surface area contributed by atoms with Crippen molar-refractivity contribution in [2.45, 2.75) is 36.7 Å². The van der Waals surface area contributed by atoms with Gasteiger partial charge in [0.2, 0.25) is 0 Å². The van der Waals surface area contributed by atoms with Gasteiger partial charge in [0.05, 0.1) is 11.5 Å². The number of aromatic nitrogens is 2. The maximum absolute atomic E-state index is 13.6. The quantitative estimate of drug-likeness (QED) is 0.578. The molecule has 1 aromatic heterocycles. The molecule has 2 fully saturated rings. The fourth-order valence-electron chi connectivity index (χ4n) is 4.20. The first-order valence-corrected chi connectivity index (χ1v) is 10.7. The number of rotatable bonds is 6. The van der Waals surface area contributed by atoms with Crippen LogP contribution in [0.2, 0.25) is 0 Å². The van der Waals surface area contributed by atoms with Crippen molar-refractivity contribution < 1.29 is 13.3 Å². The molecule has 2 aromatic rings. The van der Waals surface area contributed by atoms with Crippen LogP contribution in [0.3, 0.4) is 0 Å². The number of nitrogens with zero attached hydrogens (tertiary/aromatic N) is 4. The van der Waals surface area contributed by atoms with Crippen molar-refractivity contribution in [3.8, 4) is 0 Å². The lowest BCUT2D eigenvalue weighted by molar-refractivity contribution is -0.387. The Hall–Kier alpha value is -2.30. The molecule has 1 aromatic carbocycles. The van der Waals surface area contributed by atoms with Crippen molar-refractivity contribution >= 4 is 15.7 Å². The predicted octanol–water partition coefficient (Wildman–Crippen LogP) is 1.66. The van der Waals surface area contributed by atoms with Gasteiger partial charge in [0.25, 0.3) is 15.7 Å². The van der Waals surface area contributed by atoms with Crippen LogP contribution in [0.15, 0.2) is 41.6 Å². The zero-order chi connectivity index (χ0) is 19.9. The number of sulfonamides is 1. The molecule has 9 nitrogen and oxygen atoms in total. The van der Waals surface area contributed by atoms with E-state index in [0.717, 1.165) is 32.4 Å². The summed E-state index contributed by atoms with van der Waals surface area (Å²) in [7, 11) is -2.25. The SMILES string of the molecule is Cn1ccnc1CN(C1CC12CCNCC2)S(=O)(=O)c1ccccc1[N+](=O)[O-]. The average molecular weight is 405 g/mol. The van der Waals surface area contributed by atoms with Gasteiger partial charge < -0.3 is 9.88 Å². The Morgan fingerprint density at radius 2 is 2.07 bits per heavy atom. The highest BCUT2D eigenvalue weighted by atomic mass is 32.2. The number of benzene rings is 1. The van der Waals surface area contributed by atoms with E-state index in [2.05, 4.69) is 10.3 Å². The van der Waals surface area contributed by atoms with Crippen LogP contribution in [0, 0.1) is 15.5 Å². The molecule has 0 radical (unpaired) electrons. The van der Waals surface area contributed by atoms with Gasteiger partial charge in [-0.05, 0) is 43.8 Å². The summed E-state index contributed by atoms with van der Waals surface area (Å²) in [6, 6.07) is 5.38. The zero-order valence-electron chi connectivity index (χ0n) is 15.6. The largest absolute Gasteiger partial charge is 0.337 e. The van der Waals surface area contributed by atoms with E-state index in [-0.39, 0.29) is 22.9 Å². The summed E-state index contributed by atoms with van der Waals surface area (Å²) < 4.78 is 30.4. The number of para-hydroxylation sites is 1. The normalized spacial score (nSPS) is 21.1. The molecule has 1 unspecified atom stereocenters. The monoisotopic (exact) mass is 405 g/mol. The zero-order valence-corrected chi connectivity index (χ0v) is 16.4. The Labute approximate surface area is 163 Å². The maximum atomic E-state index is 13.6. The highest BCUT2D eigenvalue weighted by Crippen LogP contribution is 2.57. The number of piperidine rings is 1. The molecule has 4 rings (SSSR count). The molecule has 1 N–H and O–H groups in total. The molecule has 1 saturated carbocycles. The van der Waals surface area contributed by atoms with Crippen molar-refractivity contribution in [1.82, 2.24) is 19.2 Å². The first kappa shape index (κ1) is 19.0. The minimum atomic E-state index is -4.06. The third-order valence-electron chi connectivity index (χ3n) is 5.96. The molecule has 2 heterocycles. The third-order valence-corrected chi connectivity index (χ3v) is 7.86. The van der Waals surface area contributed by atoms with Gasteiger partial charge in [-0.3, -0.25) is 10.1 Å². The number of nitro benzene ring substituents is 1. The van der Waals surface area contributed by atoms with Crippen LogP contribution in [-0.2, 0) is 23.6 Å². The molecule has 0 bridgehead atoms. The molecular formula is C18H23N5O4S. The Balaban J connectivity index is 1.75. The predicted molar refractivity (Wildman–Crippen MR) is 102 cm³/mol. The molecule has 1 aliphatic heterocycles. The number of hydrogen-bond donors (Lipinski definition) is 1. The lowest BCUT2D eigenvalue weighted by Crippen LogP contribution is -2.39. The van der Waals surface area contributed by atoms with Gasteiger partial charge in [-0.15, -0.1) is 0 Å². The Bertz CT molecular complexity index is 997. The summed E-state index contributed by atoms with van der Waals surface area (Å²) in [6.07, 6.45) is 5.97. The summed E-state index contributed by atoms with van der Waals surface area (Å²) in [6.45, 7) is 1.81. The smallest absolute Gasteiger partial charge is 0.289 e. The molecule has 28 heavy (non-hydrogen) atoms. The van der Waals surface area contributed by atoms with E-state index in [9.17, 15) is 18.5 Å². The van der Waals surface area contributed by atoms with Gasteiger partial charge in [0.15, 0.2) is 4.90 Å². The molecule has 1 aliphatic carbocycles. The summed E-state index contributed by atoms with van der Waals surface area (Å²) in [5.41, 5.74) is -0.445. The highest BCUT2D eigenvalue weighted by molar-refractivity contribution is 7.89. The second-order valence-corrected chi connectivity index (χ2v) is 9.42. The van der Waals surface area contributed by atoms with Gasteiger partial charge in [0, 0.05) is 31.5 Å². The first-order chi connectivity index (χ1) is 13.3. The second kappa shape index (κ2) is 6.94. The Morgan fingerprint density at radius 1 is 1.36 bits per heavy atom. The van der Waals surface area contributed by atoms with Crippen LogP contribution in [0.25, 0.3) is 0 Å². The molecule has 1 atom stereocenters. The lowest BCUT2D eigenvalue weighted by atomic mass is 9.94. The van der Waals surface area contributed by atoms with Crippen LogP contribution >= 0.6 is 0 Å². The van der Waals surface area contributed by atoms with Gasteiger partial charge in [-0.25, -0.2) is 13.4 Å². The maximum Gasteiger partial charge on any atom is 0.289 e. The van der Waals surface area contributed by atoms with Gasteiger partial charge in [-0.1, -0.05) is 12.1 Å². The van der Waals surface area contributed by atoms with Crippen molar-refractivity contribution in [2.75, 3.05) is 13.1 Å². The minimum absolute atomic E-state index is 0.0486. The highest BCUT2D eigenvalue weighted by Gasteiger charge is 2.59. The van der Waals surface area contributed by atoms with E-state index in [1.165, 1.54) is 28.6 Å². The van der Waals surface area contributed by atoms with E-state index >= 15 is 0 Å². The van der Waals surface area contributed by atoms with E-state index in [1.807, 2.05) is 7.05 Å². The fourth-order valence-corrected chi connectivity index (χ4v) is 6.03. The number of nitro groups is 1. The van der Waals surface area contributed by atoms with Crippen LogP contribution < -0.4 is 5.32 Å². The third kappa shape index (κ3) is 3.21. The van der Waals surface area contributed by atoms with E-state index in [1.54, 1.807) is 17.0 Å². The number of hydrogen-bond acceptors (Lipinski definition) is 6. The van der Waals surface area contributed by atoms with Crippen LogP contribution in [-0.4, -0.2) is 46.3 Å². The summed E-state index contributed by atoms with van der Waals surface area (Å²) >= 11 is 0. The molecule has 1 saturated heterocycles. The summed E-state index contributed by atoms with van der Waals surface area (Å²) in [4.78, 5) is 14.8. The van der Waals surface area contributed by atoms with E-state index in [0.29, 0.717) is 5.82 Å². The standard InChI is InChI=1S/C18H23N5O4S/c1-21-11-10-20-17(21)13-22(16-12-18(16)6-8-19-9-7-18)28(26,27)15-5-3-2-4-14(15)23(24)25/h2-5,10-11,16,19H,6-9,12-13H2,1H3. The molecule has 150 valence electrons. The number of nitrogens with one attached hydrogen (secondary N) is 1. The minimum Gasteiger partial charge on any atom is -0.337 e. The molecule has 1 spiro atoms. The average Bonchev–Trinajstić information content (AvgIpc) is 3.18. The topological polar surface area (TPSA) is 110 Å². The van der Waals surface area contributed by atoms with Crippen molar-refractivity contribution in [2.24, 2.45) is 12.5 Å². The van der Waals surface area contributed by atoms with Gasteiger partial charge >= 0.3 is 0 Å². The Kier molecular flexibility index (Phi) is 4.72. The van der Waals surface area contributed by atoms with Gasteiger partial charge in [-0.2, -0.15) is 4.31 Å². The molecule has 0 amide bonds. The van der Waals surface area contributed by atoms with Crippen LogP contribution in [0.4, 0.5) is 5.69 Å². The fraction of sp³-hybridized carbons (Fsp3) is 0.500. The second-order valence-electron chi connectivity index (χ2n) is 7.56. The molecular weight excluding hydrogens is 382 g/mol. The van der Waals surface area contributed by atoms with Crippen LogP contribution in [0.5, 0.6) is 0 Å². The van der Waals surface area contributed by atoms with Gasteiger partial charge in [0.1, 0.15) is 5.82 Å². The summed E-state index contributed by atoms with van der Waals surface area (Å²) in [5, 5.41) is 14.8. The number of aryl methyl sites for hydroxylation is 1. The summed E-state index contributed by atoms with van der Waals surface area (Å²) in [5.74, 6) is 0.609. The van der Waals surface area contributed by atoms with E-state index < -0.39 is 20.6 Å². The Morgan fingerprint density at radius 3 is 2.71 bits per heavy atom.